The number of carbonyl (C=O) groups is 2. The minimum atomic E-state index is -0.362. The largest absolute Gasteiger partial charge is 0.465 e. The first-order chi connectivity index (χ1) is 16.0. The van der Waals surface area contributed by atoms with Crippen molar-refractivity contribution in [2.75, 3.05) is 13.7 Å². The van der Waals surface area contributed by atoms with E-state index in [1.807, 2.05) is 48.2 Å². The molecule has 1 aliphatic rings. The molecule has 1 N–H and O–H groups in total. The van der Waals surface area contributed by atoms with Crippen LogP contribution in [0.25, 0.3) is 10.9 Å². The summed E-state index contributed by atoms with van der Waals surface area (Å²) in [7, 11) is 1.38. The fourth-order valence-electron chi connectivity index (χ4n) is 4.10. The van der Waals surface area contributed by atoms with E-state index in [1.165, 1.54) is 7.11 Å². The Labute approximate surface area is 200 Å². The number of ether oxygens (including phenoxy) is 1. The maximum Gasteiger partial charge on any atom is 0.337 e. The molecule has 8 heteroatoms. The van der Waals surface area contributed by atoms with E-state index in [9.17, 15) is 9.59 Å². The van der Waals surface area contributed by atoms with Crippen molar-refractivity contribution in [1.29, 1.82) is 0 Å². The number of hydrogen-bond acceptors (Lipinski definition) is 6. The summed E-state index contributed by atoms with van der Waals surface area (Å²) in [5.74, 6) is 0.486. The number of thiazole rings is 1. The molecule has 1 aliphatic heterocycles. The first kappa shape index (κ1) is 21.7. The summed E-state index contributed by atoms with van der Waals surface area (Å²) >= 11 is 3.37. The van der Waals surface area contributed by atoms with Crippen LogP contribution >= 0.6 is 23.1 Å². The highest BCUT2D eigenvalue weighted by molar-refractivity contribution is 8.00. The Kier molecular flexibility index (Phi) is 5.95. The lowest BCUT2D eigenvalue weighted by Crippen LogP contribution is -2.35. The maximum absolute atomic E-state index is 13.2. The van der Waals surface area contributed by atoms with E-state index in [-0.39, 0.29) is 11.9 Å². The van der Waals surface area contributed by atoms with Gasteiger partial charge in [0.05, 0.1) is 12.7 Å². The lowest BCUT2D eigenvalue weighted by molar-refractivity contribution is 0.0600. The van der Waals surface area contributed by atoms with Crippen LogP contribution in [0, 0.1) is 6.92 Å². The van der Waals surface area contributed by atoms with Crippen LogP contribution in [0.15, 0.2) is 52.2 Å². The molecule has 0 fully saturated rings. The highest BCUT2D eigenvalue weighted by Crippen LogP contribution is 2.30. The number of aromatic amines is 1. The van der Waals surface area contributed by atoms with Gasteiger partial charge in [-0.3, -0.25) is 4.79 Å². The number of carbonyl (C=O) groups excluding carboxylic acids is 2. The molecular weight excluding hydrogens is 454 g/mol. The van der Waals surface area contributed by atoms with E-state index in [1.54, 1.807) is 29.2 Å². The molecule has 0 aliphatic carbocycles. The average molecular weight is 478 g/mol. The fraction of sp³-hybridized carbons (Fsp3) is 0.240. The minimum Gasteiger partial charge on any atom is -0.465 e. The number of nitrogens with zero attached hydrogens (tertiary/aromatic N) is 2. The van der Waals surface area contributed by atoms with Gasteiger partial charge in [-0.2, -0.15) is 0 Å². The number of hydrogen-bond donors (Lipinski definition) is 1. The van der Waals surface area contributed by atoms with Crippen LogP contribution in [0.1, 0.15) is 43.2 Å². The predicted octanol–water partition coefficient (Wildman–Crippen LogP) is 5.21. The van der Waals surface area contributed by atoms with Crippen LogP contribution in [-0.4, -0.2) is 40.4 Å². The normalized spacial score (nSPS) is 13.2. The van der Waals surface area contributed by atoms with Crippen molar-refractivity contribution in [3.63, 3.8) is 0 Å². The van der Waals surface area contributed by atoms with Crippen LogP contribution in [-0.2, 0) is 23.5 Å². The summed E-state index contributed by atoms with van der Waals surface area (Å²) in [6.07, 6.45) is 0.755. The van der Waals surface area contributed by atoms with Gasteiger partial charge < -0.3 is 14.6 Å². The van der Waals surface area contributed by atoms with Crippen molar-refractivity contribution in [2.45, 2.75) is 30.0 Å². The molecule has 168 valence electrons. The van der Waals surface area contributed by atoms with Crippen molar-refractivity contribution in [1.82, 2.24) is 14.9 Å². The van der Waals surface area contributed by atoms with E-state index in [4.69, 9.17) is 4.74 Å². The van der Waals surface area contributed by atoms with Gasteiger partial charge in [0.1, 0.15) is 4.34 Å². The minimum absolute atomic E-state index is 0.0221. The van der Waals surface area contributed by atoms with Gasteiger partial charge in [-0.15, -0.1) is 11.3 Å². The molecule has 3 heterocycles. The zero-order chi connectivity index (χ0) is 22.9. The van der Waals surface area contributed by atoms with Crippen LogP contribution in [0.4, 0.5) is 0 Å². The Hall–Kier alpha value is -3.10. The monoisotopic (exact) mass is 477 g/mol. The summed E-state index contributed by atoms with van der Waals surface area (Å²) in [5, 5.41) is 3.02. The van der Waals surface area contributed by atoms with Gasteiger partial charge in [0.15, 0.2) is 0 Å². The van der Waals surface area contributed by atoms with Gasteiger partial charge in [-0.25, -0.2) is 9.78 Å². The summed E-state index contributed by atoms with van der Waals surface area (Å²) in [4.78, 5) is 35.0. The number of nitrogens with one attached hydrogen (secondary N) is 1. The third-order valence-corrected chi connectivity index (χ3v) is 8.05. The molecule has 0 saturated heterocycles. The first-order valence-corrected chi connectivity index (χ1v) is 12.5. The zero-order valence-electron chi connectivity index (χ0n) is 18.4. The molecule has 4 aromatic rings. The Balaban J connectivity index is 1.30. The second-order valence-electron chi connectivity index (χ2n) is 8.05. The van der Waals surface area contributed by atoms with Crippen LogP contribution < -0.4 is 0 Å². The Morgan fingerprint density at radius 2 is 1.97 bits per heavy atom. The molecule has 0 bridgehead atoms. The van der Waals surface area contributed by atoms with Crippen molar-refractivity contribution in [2.24, 2.45) is 0 Å². The van der Waals surface area contributed by atoms with E-state index in [0.717, 1.165) is 49.9 Å². The van der Waals surface area contributed by atoms with Gasteiger partial charge in [-0.05, 0) is 42.8 Å². The molecule has 0 atom stereocenters. The Morgan fingerprint density at radius 1 is 1.18 bits per heavy atom. The second-order valence-corrected chi connectivity index (χ2v) is 10.1. The van der Waals surface area contributed by atoms with E-state index >= 15 is 0 Å². The molecular formula is C25H23N3O3S2. The van der Waals surface area contributed by atoms with Gasteiger partial charge in [-0.1, -0.05) is 23.9 Å². The van der Waals surface area contributed by atoms with E-state index in [0.29, 0.717) is 24.2 Å². The third kappa shape index (κ3) is 4.41. The molecule has 0 saturated carbocycles. The SMILES string of the molecule is COC(=O)c1ccc2[nH]c3c(c2c1)CN(C(=O)c1ccc(CSc2nc(C)cs2)cc1)CC3. The van der Waals surface area contributed by atoms with Gasteiger partial charge in [0, 0.05) is 64.1 Å². The molecule has 6 nitrogen and oxygen atoms in total. The summed E-state index contributed by atoms with van der Waals surface area (Å²) < 4.78 is 5.92. The predicted molar refractivity (Wildman–Crippen MR) is 131 cm³/mol. The smallest absolute Gasteiger partial charge is 0.337 e. The second kappa shape index (κ2) is 9.03. The number of thioether (sulfide) groups is 1. The summed E-state index contributed by atoms with van der Waals surface area (Å²) in [6.45, 7) is 3.17. The molecule has 0 unspecified atom stereocenters. The number of methoxy groups -OCH3 is 1. The highest BCUT2D eigenvalue weighted by Gasteiger charge is 2.25. The standard InChI is InChI=1S/C25H23N3O3S2/c1-15-13-32-25(26-15)33-14-16-3-5-17(6-4-16)23(29)28-10-9-22-20(12-28)19-11-18(24(30)31-2)7-8-21(19)27-22/h3-8,11,13,27H,9-10,12,14H2,1-2H3. The number of aryl methyl sites for hydroxylation is 1. The van der Waals surface area contributed by atoms with Crippen molar-refractivity contribution >= 4 is 45.9 Å². The fourth-order valence-corrected chi connectivity index (χ4v) is 5.91. The molecule has 2 aromatic heterocycles. The van der Waals surface area contributed by atoms with Gasteiger partial charge in [0.25, 0.3) is 5.91 Å². The number of benzene rings is 2. The molecule has 5 rings (SSSR count). The van der Waals surface area contributed by atoms with Crippen molar-refractivity contribution < 1.29 is 14.3 Å². The lowest BCUT2D eigenvalue weighted by atomic mass is 10.0. The summed E-state index contributed by atoms with van der Waals surface area (Å²) in [5.41, 5.74) is 6.58. The van der Waals surface area contributed by atoms with E-state index < -0.39 is 0 Å². The van der Waals surface area contributed by atoms with Crippen LogP contribution in [0.3, 0.4) is 0 Å². The van der Waals surface area contributed by atoms with Gasteiger partial charge >= 0.3 is 5.97 Å². The molecule has 33 heavy (non-hydrogen) atoms. The number of amides is 1. The quantitative estimate of drug-likeness (QED) is 0.315. The zero-order valence-corrected chi connectivity index (χ0v) is 20.0. The summed E-state index contributed by atoms with van der Waals surface area (Å²) in [6, 6.07) is 13.4. The first-order valence-electron chi connectivity index (χ1n) is 10.7. The Morgan fingerprint density at radius 3 is 2.70 bits per heavy atom. The van der Waals surface area contributed by atoms with Crippen molar-refractivity contribution in [3.05, 3.63) is 81.5 Å². The van der Waals surface area contributed by atoms with Crippen LogP contribution in [0.5, 0.6) is 0 Å². The molecule has 0 spiro atoms. The van der Waals surface area contributed by atoms with Crippen LogP contribution in [0.2, 0.25) is 0 Å². The third-order valence-electron chi connectivity index (χ3n) is 5.84. The van der Waals surface area contributed by atoms with Gasteiger partial charge in [0.2, 0.25) is 0 Å². The number of aromatic nitrogens is 2. The molecule has 0 radical (unpaired) electrons. The number of fused-ring (bicyclic) bond motifs is 3. The average Bonchev–Trinajstić information content (AvgIpc) is 3.44. The molecule has 2 aromatic carbocycles. The number of esters is 1. The van der Waals surface area contributed by atoms with E-state index in [2.05, 4.69) is 15.3 Å². The topological polar surface area (TPSA) is 75.3 Å². The lowest BCUT2D eigenvalue weighted by Gasteiger charge is -2.27. The number of rotatable bonds is 5. The van der Waals surface area contributed by atoms with Crippen molar-refractivity contribution in [3.8, 4) is 0 Å². The highest BCUT2D eigenvalue weighted by atomic mass is 32.2. The molecule has 1 amide bonds. The Bertz CT molecular complexity index is 1340. The maximum atomic E-state index is 13.2. The number of H-pyrrole nitrogens is 1.